The Morgan fingerprint density at radius 3 is 3.12 bits per heavy atom. The molecule has 0 amide bonds. The van der Waals surface area contributed by atoms with Crippen molar-refractivity contribution in [2.75, 3.05) is 19.7 Å². The Labute approximate surface area is 103 Å². The van der Waals surface area contributed by atoms with Crippen LogP contribution in [0.15, 0.2) is 24.3 Å². The molecule has 2 heterocycles. The van der Waals surface area contributed by atoms with Gasteiger partial charge in [0.05, 0.1) is 6.61 Å². The molecule has 2 atom stereocenters. The molecule has 92 valence electrons. The summed E-state index contributed by atoms with van der Waals surface area (Å²) in [6, 6.07) is 9.49. The summed E-state index contributed by atoms with van der Waals surface area (Å²) in [6.07, 6.45) is 3.69. The third kappa shape index (κ3) is 2.45. The van der Waals surface area contributed by atoms with Crippen molar-refractivity contribution >= 4 is 0 Å². The van der Waals surface area contributed by atoms with Crippen LogP contribution in [-0.2, 0) is 0 Å². The second-order valence-corrected chi connectivity index (χ2v) is 4.93. The summed E-state index contributed by atoms with van der Waals surface area (Å²) in [5.41, 5.74) is 1.32. The first-order valence-electron chi connectivity index (χ1n) is 6.62. The first kappa shape index (κ1) is 11.1. The van der Waals surface area contributed by atoms with Crippen molar-refractivity contribution < 1.29 is 4.74 Å². The van der Waals surface area contributed by atoms with E-state index in [4.69, 9.17) is 4.74 Å². The summed E-state index contributed by atoms with van der Waals surface area (Å²) in [5.74, 6) is 1.05. The molecule has 17 heavy (non-hydrogen) atoms. The topological polar surface area (TPSA) is 33.3 Å². The molecule has 3 nitrogen and oxygen atoms in total. The van der Waals surface area contributed by atoms with Gasteiger partial charge in [0.2, 0.25) is 0 Å². The van der Waals surface area contributed by atoms with Crippen molar-refractivity contribution in [1.82, 2.24) is 10.6 Å². The Bertz CT molecular complexity index is 374. The molecule has 0 aliphatic carbocycles. The van der Waals surface area contributed by atoms with Crippen LogP contribution in [0.3, 0.4) is 0 Å². The lowest BCUT2D eigenvalue weighted by Crippen LogP contribution is -2.37. The average Bonchev–Trinajstić information content (AvgIpc) is 2.89. The van der Waals surface area contributed by atoms with E-state index in [0.717, 1.165) is 25.3 Å². The molecule has 1 aromatic carbocycles. The second-order valence-electron chi connectivity index (χ2n) is 4.93. The fourth-order valence-corrected chi connectivity index (χ4v) is 2.77. The van der Waals surface area contributed by atoms with E-state index in [2.05, 4.69) is 28.8 Å². The predicted octanol–water partition coefficient (Wildman–Crippen LogP) is 1.85. The standard InChI is InChI=1S/C14H20N2O/c1-2-6-14-12(5-1)13(7-9-17-14)16-10-11-4-3-8-15-11/h1-2,5-6,11,13,15-16H,3-4,7-10H2. The zero-order valence-corrected chi connectivity index (χ0v) is 10.1. The molecule has 0 aromatic heterocycles. The zero-order chi connectivity index (χ0) is 11.5. The molecule has 0 spiro atoms. The smallest absolute Gasteiger partial charge is 0.124 e. The number of hydrogen-bond acceptors (Lipinski definition) is 3. The van der Waals surface area contributed by atoms with Gasteiger partial charge >= 0.3 is 0 Å². The summed E-state index contributed by atoms with van der Waals surface area (Å²) in [4.78, 5) is 0. The third-order valence-corrected chi connectivity index (χ3v) is 3.73. The minimum absolute atomic E-state index is 0.461. The molecule has 3 heteroatoms. The molecule has 2 aliphatic heterocycles. The maximum atomic E-state index is 5.67. The predicted molar refractivity (Wildman–Crippen MR) is 68.3 cm³/mol. The van der Waals surface area contributed by atoms with E-state index in [-0.39, 0.29) is 0 Å². The highest BCUT2D eigenvalue weighted by atomic mass is 16.5. The number of rotatable bonds is 3. The van der Waals surface area contributed by atoms with Gasteiger partial charge in [0, 0.05) is 30.6 Å². The van der Waals surface area contributed by atoms with Crippen molar-refractivity contribution in [2.45, 2.75) is 31.3 Å². The number of fused-ring (bicyclic) bond motifs is 1. The van der Waals surface area contributed by atoms with E-state index >= 15 is 0 Å². The van der Waals surface area contributed by atoms with Crippen LogP contribution < -0.4 is 15.4 Å². The van der Waals surface area contributed by atoms with Gasteiger partial charge in [-0.05, 0) is 25.5 Å². The summed E-state index contributed by atoms with van der Waals surface area (Å²) in [7, 11) is 0. The van der Waals surface area contributed by atoms with Gasteiger partial charge in [-0.1, -0.05) is 18.2 Å². The maximum Gasteiger partial charge on any atom is 0.124 e. The van der Waals surface area contributed by atoms with E-state index in [1.165, 1.54) is 24.9 Å². The molecule has 0 radical (unpaired) electrons. The van der Waals surface area contributed by atoms with Crippen molar-refractivity contribution in [2.24, 2.45) is 0 Å². The number of para-hydroxylation sites is 1. The Morgan fingerprint density at radius 2 is 2.24 bits per heavy atom. The normalized spacial score (nSPS) is 27.5. The first-order valence-corrected chi connectivity index (χ1v) is 6.62. The molecule has 0 saturated carbocycles. The lowest BCUT2D eigenvalue weighted by molar-refractivity contribution is 0.250. The highest BCUT2D eigenvalue weighted by molar-refractivity contribution is 5.37. The Morgan fingerprint density at radius 1 is 1.29 bits per heavy atom. The van der Waals surface area contributed by atoms with E-state index in [1.807, 2.05) is 6.07 Å². The molecule has 1 aromatic rings. The van der Waals surface area contributed by atoms with Gasteiger partial charge in [-0.15, -0.1) is 0 Å². The Hall–Kier alpha value is -1.06. The lowest BCUT2D eigenvalue weighted by Gasteiger charge is -2.27. The van der Waals surface area contributed by atoms with Crippen LogP contribution in [0.5, 0.6) is 5.75 Å². The molecular weight excluding hydrogens is 212 g/mol. The van der Waals surface area contributed by atoms with Crippen molar-refractivity contribution in [3.8, 4) is 5.75 Å². The summed E-state index contributed by atoms with van der Waals surface area (Å²) >= 11 is 0. The molecule has 0 bridgehead atoms. The average molecular weight is 232 g/mol. The number of benzene rings is 1. The quantitative estimate of drug-likeness (QED) is 0.834. The van der Waals surface area contributed by atoms with Crippen molar-refractivity contribution in [3.63, 3.8) is 0 Å². The summed E-state index contributed by atoms with van der Waals surface area (Å²) in [5, 5.41) is 7.20. The van der Waals surface area contributed by atoms with Gasteiger partial charge in [0.1, 0.15) is 5.75 Å². The number of ether oxygens (including phenoxy) is 1. The third-order valence-electron chi connectivity index (χ3n) is 3.73. The van der Waals surface area contributed by atoms with Crippen LogP contribution in [0.4, 0.5) is 0 Å². The fourth-order valence-electron chi connectivity index (χ4n) is 2.77. The highest BCUT2D eigenvalue weighted by Crippen LogP contribution is 2.31. The first-order chi connectivity index (χ1) is 8.43. The summed E-state index contributed by atoms with van der Waals surface area (Å²) in [6.45, 7) is 3.07. The lowest BCUT2D eigenvalue weighted by atomic mass is 10.0. The van der Waals surface area contributed by atoms with E-state index in [0.29, 0.717) is 12.1 Å². The van der Waals surface area contributed by atoms with Crippen LogP contribution in [0.2, 0.25) is 0 Å². The van der Waals surface area contributed by atoms with Crippen molar-refractivity contribution in [3.05, 3.63) is 29.8 Å². The maximum absolute atomic E-state index is 5.67. The minimum atomic E-state index is 0.461. The van der Waals surface area contributed by atoms with Crippen LogP contribution in [0.1, 0.15) is 30.9 Å². The van der Waals surface area contributed by atoms with Crippen molar-refractivity contribution in [1.29, 1.82) is 0 Å². The van der Waals surface area contributed by atoms with Gasteiger partial charge in [-0.25, -0.2) is 0 Å². The van der Waals surface area contributed by atoms with E-state index in [1.54, 1.807) is 0 Å². The van der Waals surface area contributed by atoms with Crippen LogP contribution in [-0.4, -0.2) is 25.7 Å². The summed E-state index contributed by atoms with van der Waals surface area (Å²) < 4.78 is 5.67. The second kappa shape index (κ2) is 5.07. The molecule has 2 aliphatic rings. The van der Waals surface area contributed by atoms with E-state index < -0.39 is 0 Å². The highest BCUT2D eigenvalue weighted by Gasteiger charge is 2.22. The van der Waals surface area contributed by atoms with E-state index in [9.17, 15) is 0 Å². The van der Waals surface area contributed by atoms with Gasteiger partial charge in [0.25, 0.3) is 0 Å². The molecular formula is C14H20N2O. The molecule has 2 N–H and O–H groups in total. The monoisotopic (exact) mass is 232 g/mol. The zero-order valence-electron chi connectivity index (χ0n) is 10.1. The largest absolute Gasteiger partial charge is 0.493 e. The van der Waals surface area contributed by atoms with Gasteiger partial charge < -0.3 is 15.4 Å². The molecule has 1 fully saturated rings. The number of nitrogens with one attached hydrogen (secondary N) is 2. The van der Waals surface area contributed by atoms with Gasteiger partial charge in [-0.2, -0.15) is 0 Å². The molecule has 1 saturated heterocycles. The fraction of sp³-hybridized carbons (Fsp3) is 0.571. The van der Waals surface area contributed by atoms with Crippen LogP contribution in [0.25, 0.3) is 0 Å². The van der Waals surface area contributed by atoms with Crippen LogP contribution >= 0.6 is 0 Å². The van der Waals surface area contributed by atoms with Crippen LogP contribution in [0, 0.1) is 0 Å². The molecule has 2 unspecified atom stereocenters. The SMILES string of the molecule is c1ccc2c(c1)OCCC2NCC1CCCN1. The van der Waals surface area contributed by atoms with Gasteiger partial charge in [-0.3, -0.25) is 0 Å². The number of hydrogen-bond donors (Lipinski definition) is 2. The Kier molecular flexibility index (Phi) is 3.29. The minimum Gasteiger partial charge on any atom is -0.493 e. The Balaban J connectivity index is 1.64. The molecule has 3 rings (SSSR count). The van der Waals surface area contributed by atoms with Gasteiger partial charge in [0.15, 0.2) is 0 Å².